The maximum atomic E-state index is 6.14. The van der Waals surface area contributed by atoms with Crippen LogP contribution in [0.2, 0.25) is 0 Å². The van der Waals surface area contributed by atoms with E-state index in [0.29, 0.717) is 0 Å². The third kappa shape index (κ3) is 2.32. The molecule has 1 atom stereocenters. The summed E-state index contributed by atoms with van der Waals surface area (Å²) in [6.45, 7) is 3.71. The van der Waals surface area contributed by atoms with E-state index in [1.165, 1.54) is 12.8 Å². The largest absolute Gasteiger partial charge is 0.377 e. The number of rotatable bonds is 5. The van der Waals surface area contributed by atoms with Gasteiger partial charge in [-0.2, -0.15) is 0 Å². The molecule has 0 radical (unpaired) electrons. The summed E-state index contributed by atoms with van der Waals surface area (Å²) in [5.41, 5.74) is 6.11. The molecule has 0 amide bonds. The molecule has 1 aliphatic rings. The second-order valence-corrected chi connectivity index (χ2v) is 3.95. The lowest BCUT2D eigenvalue weighted by molar-refractivity contribution is -0.0271. The van der Waals surface area contributed by atoms with Crippen LogP contribution in [0.5, 0.6) is 0 Å². The zero-order valence-electron chi connectivity index (χ0n) is 8.59. The Morgan fingerprint density at radius 1 is 1.54 bits per heavy atom. The molecule has 0 aliphatic heterocycles. The SMILES string of the molecule is C=CCCC(N)C1(OC)CCCC1. The third-order valence-electron chi connectivity index (χ3n) is 3.21. The molecule has 2 nitrogen and oxygen atoms in total. The van der Waals surface area contributed by atoms with Crippen LogP contribution in [0, 0.1) is 0 Å². The van der Waals surface area contributed by atoms with Gasteiger partial charge in [0.25, 0.3) is 0 Å². The zero-order valence-corrected chi connectivity index (χ0v) is 8.59. The predicted molar refractivity (Wildman–Crippen MR) is 55.6 cm³/mol. The van der Waals surface area contributed by atoms with Gasteiger partial charge in [-0.05, 0) is 25.7 Å². The lowest BCUT2D eigenvalue weighted by Crippen LogP contribution is -2.47. The number of methoxy groups -OCH3 is 1. The first-order valence-electron chi connectivity index (χ1n) is 5.17. The van der Waals surface area contributed by atoms with Crippen molar-refractivity contribution in [1.29, 1.82) is 0 Å². The Morgan fingerprint density at radius 3 is 2.62 bits per heavy atom. The molecular weight excluding hydrogens is 162 g/mol. The van der Waals surface area contributed by atoms with Crippen molar-refractivity contribution >= 4 is 0 Å². The molecule has 0 bridgehead atoms. The second kappa shape index (κ2) is 4.77. The molecular formula is C11H21NO. The molecule has 0 heterocycles. The minimum absolute atomic E-state index is 0.0248. The van der Waals surface area contributed by atoms with E-state index in [9.17, 15) is 0 Å². The van der Waals surface area contributed by atoms with Gasteiger partial charge in [-0.1, -0.05) is 18.9 Å². The normalized spacial score (nSPS) is 22.9. The highest BCUT2D eigenvalue weighted by atomic mass is 16.5. The first-order valence-corrected chi connectivity index (χ1v) is 5.17. The number of nitrogens with two attached hydrogens (primary N) is 1. The first kappa shape index (κ1) is 10.7. The van der Waals surface area contributed by atoms with Gasteiger partial charge in [0, 0.05) is 13.2 Å². The molecule has 13 heavy (non-hydrogen) atoms. The number of hydrogen-bond acceptors (Lipinski definition) is 2. The zero-order chi connectivity index (χ0) is 9.73. The Bertz CT molecular complexity index is 161. The van der Waals surface area contributed by atoms with Crippen LogP contribution in [-0.2, 0) is 4.74 Å². The van der Waals surface area contributed by atoms with E-state index >= 15 is 0 Å². The van der Waals surface area contributed by atoms with Crippen LogP contribution in [-0.4, -0.2) is 18.8 Å². The van der Waals surface area contributed by atoms with Crippen molar-refractivity contribution in [2.24, 2.45) is 5.73 Å². The van der Waals surface area contributed by atoms with Crippen LogP contribution < -0.4 is 5.73 Å². The van der Waals surface area contributed by atoms with Gasteiger partial charge in [0.05, 0.1) is 5.60 Å². The highest BCUT2D eigenvalue weighted by Gasteiger charge is 2.38. The van der Waals surface area contributed by atoms with Crippen LogP contribution in [0.4, 0.5) is 0 Å². The molecule has 0 spiro atoms. The molecule has 0 aromatic rings. The lowest BCUT2D eigenvalue weighted by atomic mass is 9.89. The van der Waals surface area contributed by atoms with Crippen molar-refractivity contribution in [2.75, 3.05) is 7.11 Å². The van der Waals surface area contributed by atoms with Gasteiger partial charge in [-0.25, -0.2) is 0 Å². The minimum atomic E-state index is -0.0248. The summed E-state index contributed by atoms with van der Waals surface area (Å²) in [7, 11) is 1.79. The van der Waals surface area contributed by atoms with Crippen molar-refractivity contribution in [3.05, 3.63) is 12.7 Å². The van der Waals surface area contributed by atoms with Crippen LogP contribution in [0.1, 0.15) is 38.5 Å². The molecule has 1 rings (SSSR count). The average Bonchev–Trinajstić information content (AvgIpc) is 2.63. The Balaban J connectivity index is 2.48. The van der Waals surface area contributed by atoms with E-state index in [-0.39, 0.29) is 11.6 Å². The molecule has 0 saturated heterocycles. The van der Waals surface area contributed by atoms with Crippen molar-refractivity contribution in [3.8, 4) is 0 Å². The summed E-state index contributed by atoms with van der Waals surface area (Å²) < 4.78 is 5.60. The van der Waals surface area contributed by atoms with E-state index in [4.69, 9.17) is 10.5 Å². The summed E-state index contributed by atoms with van der Waals surface area (Å²) in [5, 5.41) is 0. The smallest absolute Gasteiger partial charge is 0.0828 e. The molecule has 1 saturated carbocycles. The van der Waals surface area contributed by atoms with Gasteiger partial charge < -0.3 is 10.5 Å². The quantitative estimate of drug-likeness (QED) is 0.663. The first-order chi connectivity index (χ1) is 6.25. The number of allylic oxidation sites excluding steroid dienone is 1. The fourth-order valence-electron chi connectivity index (χ4n) is 2.26. The maximum Gasteiger partial charge on any atom is 0.0828 e. The fourth-order valence-corrected chi connectivity index (χ4v) is 2.26. The van der Waals surface area contributed by atoms with Gasteiger partial charge >= 0.3 is 0 Å². The Kier molecular flexibility index (Phi) is 3.94. The fraction of sp³-hybridized carbons (Fsp3) is 0.818. The van der Waals surface area contributed by atoms with E-state index < -0.39 is 0 Å². The average molecular weight is 183 g/mol. The second-order valence-electron chi connectivity index (χ2n) is 3.95. The molecule has 0 aromatic heterocycles. The van der Waals surface area contributed by atoms with E-state index in [1.807, 2.05) is 6.08 Å². The molecule has 1 fully saturated rings. The lowest BCUT2D eigenvalue weighted by Gasteiger charge is -2.33. The van der Waals surface area contributed by atoms with Crippen molar-refractivity contribution in [3.63, 3.8) is 0 Å². The third-order valence-corrected chi connectivity index (χ3v) is 3.21. The van der Waals surface area contributed by atoms with E-state index in [1.54, 1.807) is 7.11 Å². The summed E-state index contributed by atoms with van der Waals surface area (Å²) in [6, 6.07) is 0.179. The highest BCUT2D eigenvalue weighted by Crippen LogP contribution is 2.36. The highest BCUT2D eigenvalue weighted by molar-refractivity contribution is 4.95. The molecule has 1 unspecified atom stereocenters. The van der Waals surface area contributed by atoms with E-state index in [0.717, 1.165) is 25.7 Å². The summed E-state index contributed by atoms with van der Waals surface area (Å²) >= 11 is 0. The van der Waals surface area contributed by atoms with Crippen LogP contribution >= 0.6 is 0 Å². The summed E-state index contributed by atoms with van der Waals surface area (Å²) in [4.78, 5) is 0. The van der Waals surface area contributed by atoms with Gasteiger partial charge in [0.2, 0.25) is 0 Å². The Labute approximate surface area is 81.1 Å². The van der Waals surface area contributed by atoms with Crippen LogP contribution in [0.15, 0.2) is 12.7 Å². The topological polar surface area (TPSA) is 35.2 Å². The minimum Gasteiger partial charge on any atom is -0.377 e. The van der Waals surface area contributed by atoms with Gasteiger partial charge in [0.1, 0.15) is 0 Å². The molecule has 0 aromatic carbocycles. The maximum absolute atomic E-state index is 6.14. The monoisotopic (exact) mass is 183 g/mol. The van der Waals surface area contributed by atoms with Crippen molar-refractivity contribution in [2.45, 2.75) is 50.2 Å². The predicted octanol–water partition coefficient (Wildman–Crippen LogP) is 2.24. The standard InChI is InChI=1S/C11H21NO/c1-3-4-7-10(12)11(13-2)8-5-6-9-11/h3,10H,1,4-9,12H2,2H3. The Morgan fingerprint density at radius 2 is 2.15 bits per heavy atom. The number of ether oxygens (including phenoxy) is 1. The summed E-state index contributed by atoms with van der Waals surface area (Å²) in [6.07, 6.45) is 8.69. The molecule has 76 valence electrons. The van der Waals surface area contributed by atoms with Crippen molar-refractivity contribution in [1.82, 2.24) is 0 Å². The summed E-state index contributed by atoms with van der Waals surface area (Å²) in [5.74, 6) is 0. The number of hydrogen-bond donors (Lipinski definition) is 1. The van der Waals surface area contributed by atoms with Gasteiger partial charge in [0.15, 0.2) is 0 Å². The molecule has 2 heteroatoms. The van der Waals surface area contributed by atoms with Crippen molar-refractivity contribution < 1.29 is 4.74 Å². The van der Waals surface area contributed by atoms with Crippen LogP contribution in [0.3, 0.4) is 0 Å². The van der Waals surface area contributed by atoms with Gasteiger partial charge in [-0.15, -0.1) is 6.58 Å². The molecule has 2 N–H and O–H groups in total. The van der Waals surface area contributed by atoms with E-state index in [2.05, 4.69) is 6.58 Å². The van der Waals surface area contributed by atoms with Gasteiger partial charge in [-0.3, -0.25) is 0 Å². The molecule has 1 aliphatic carbocycles. The Hall–Kier alpha value is -0.340. The van der Waals surface area contributed by atoms with Crippen LogP contribution in [0.25, 0.3) is 0 Å².